The Morgan fingerprint density at radius 3 is 2.77 bits per heavy atom. The van der Waals surface area contributed by atoms with Gasteiger partial charge in [-0.1, -0.05) is 50.5 Å². The Hall–Kier alpha value is -1.21. The Bertz CT molecular complexity index is 475. The van der Waals surface area contributed by atoms with Crippen molar-refractivity contribution >= 4 is 5.97 Å². The van der Waals surface area contributed by atoms with Crippen LogP contribution in [-0.2, 0) is 19.5 Å². The third kappa shape index (κ3) is 6.50. The quantitative estimate of drug-likeness (QED) is 0.215. The maximum Gasteiger partial charge on any atom is 0.303 e. The fourth-order valence-corrected chi connectivity index (χ4v) is 3.84. The molecule has 1 aliphatic heterocycles. The van der Waals surface area contributed by atoms with Crippen LogP contribution in [0.4, 0.5) is 0 Å². The lowest BCUT2D eigenvalue weighted by Crippen LogP contribution is -2.29. The van der Waals surface area contributed by atoms with Gasteiger partial charge in [0.15, 0.2) is 0 Å². The van der Waals surface area contributed by atoms with Crippen molar-refractivity contribution in [3.63, 3.8) is 0 Å². The molecule has 0 aromatic heterocycles. The first-order valence-corrected chi connectivity index (χ1v) is 9.83. The van der Waals surface area contributed by atoms with E-state index in [0.717, 1.165) is 12.8 Å². The maximum absolute atomic E-state index is 10.5. The van der Waals surface area contributed by atoms with E-state index in [1.54, 1.807) is 0 Å². The van der Waals surface area contributed by atoms with Gasteiger partial charge in [-0.2, -0.15) is 0 Å². The number of aliphatic carboxylic acids is 1. The van der Waals surface area contributed by atoms with E-state index < -0.39 is 12.1 Å². The second-order valence-electron chi connectivity index (χ2n) is 7.26. The summed E-state index contributed by atoms with van der Waals surface area (Å²) < 4.78 is 0. The van der Waals surface area contributed by atoms with E-state index in [2.05, 4.69) is 17.9 Å². The zero-order chi connectivity index (χ0) is 18.8. The van der Waals surface area contributed by atoms with Crippen molar-refractivity contribution < 1.29 is 29.8 Å². The highest BCUT2D eigenvalue weighted by Gasteiger charge is 2.49. The monoisotopic (exact) mass is 368 g/mol. The van der Waals surface area contributed by atoms with Gasteiger partial charge in [0.25, 0.3) is 0 Å². The molecular weight excluding hydrogens is 336 g/mol. The van der Waals surface area contributed by atoms with Crippen molar-refractivity contribution in [1.82, 2.24) is 0 Å². The van der Waals surface area contributed by atoms with Gasteiger partial charge in [0.05, 0.1) is 6.10 Å². The highest BCUT2D eigenvalue weighted by molar-refractivity contribution is 5.66. The van der Waals surface area contributed by atoms with E-state index in [9.17, 15) is 4.79 Å². The first-order valence-electron chi connectivity index (χ1n) is 9.83. The van der Waals surface area contributed by atoms with Crippen molar-refractivity contribution in [1.29, 1.82) is 0 Å². The molecule has 0 amide bonds. The number of carbonyl (C=O) groups is 1. The number of unbranched alkanes of at least 4 members (excludes halogenated alkanes) is 3. The maximum atomic E-state index is 10.5. The number of hydrogen-bond donors (Lipinski definition) is 2. The highest BCUT2D eigenvalue weighted by atomic mass is 17.2. The number of fused-ring (bicyclic) bond motifs is 2. The summed E-state index contributed by atoms with van der Waals surface area (Å²) in [5.74, 6) is 0.00806. The summed E-state index contributed by atoms with van der Waals surface area (Å²) in [6.45, 7) is 2.20. The van der Waals surface area contributed by atoms with Crippen molar-refractivity contribution in [2.45, 2.75) is 83.0 Å². The molecular formula is C20H32O6. The molecule has 0 aromatic rings. The number of rotatable bonds is 13. The van der Waals surface area contributed by atoms with Gasteiger partial charge in [0.1, 0.15) is 12.2 Å². The van der Waals surface area contributed by atoms with Crippen LogP contribution < -0.4 is 0 Å². The predicted octanol–water partition coefficient (Wildman–Crippen LogP) is 4.52. The zero-order valence-corrected chi connectivity index (χ0v) is 15.6. The molecule has 2 fully saturated rings. The van der Waals surface area contributed by atoms with Gasteiger partial charge in [0.2, 0.25) is 0 Å². The average molecular weight is 368 g/mol. The Morgan fingerprint density at radius 2 is 2.04 bits per heavy atom. The lowest BCUT2D eigenvalue weighted by atomic mass is 9.87. The van der Waals surface area contributed by atoms with Gasteiger partial charge >= 0.3 is 5.97 Å². The molecule has 2 N–H and O–H groups in total. The lowest BCUT2D eigenvalue weighted by Gasteiger charge is -2.28. The fourth-order valence-electron chi connectivity index (χ4n) is 3.84. The third-order valence-electron chi connectivity index (χ3n) is 5.29. The standard InChI is InChI=1S/C20H32O6/c1-2-3-6-10-16-17(19-14-18(16)25-26-19)13-12-15(24-23)9-7-4-5-8-11-20(21)22/h4,7,12-13,15-19,23H,2-3,5-6,8-11,14H2,1H3,(H,21,22)/b7-4-,13-12+/t15-,16-,17-,18?,19?/m1/s1. The molecule has 1 saturated heterocycles. The smallest absolute Gasteiger partial charge is 0.303 e. The molecule has 2 rings (SSSR count). The van der Waals surface area contributed by atoms with Crippen LogP contribution in [0.3, 0.4) is 0 Å². The zero-order valence-electron chi connectivity index (χ0n) is 15.6. The van der Waals surface area contributed by atoms with E-state index >= 15 is 0 Å². The van der Waals surface area contributed by atoms with Crippen molar-refractivity contribution in [2.75, 3.05) is 0 Å². The molecule has 6 nitrogen and oxygen atoms in total. The second-order valence-corrected chi connectivity index (χ2v) is 7.26. The first kappa shape index (κ1) is 21.1. The van der Waals surface area contributed by atoms with Gasteiger partial charge in [-0.05, 0) is 31.6 Å². The molecule has 2 bridgehead atoms. The molecule has 0 radical (unpaired) electrons. The van der Waals surface area contributed by atoms with Crippen LogP contribution in [0.1, 0.15) is 64.7 Å². The van der Waals surface area contributed by atoms with Crippen LogP contribution in [0.25, 0.3) is 0 Å². The minimum absolute atomic E-state index is 0.105. The molecule has 1 heterocycles. The molecule has 148 valence electrons. The molecule has 5 atom stereocenters. The largest absolute Gasteiger partial charge is 0.481 e. The average Bonchev–Trinajstić information content (AvgIpc) is 3.22. The molecule has 26 heavy (non-hydrogen) atoms. The number of carboxylic acid groups (broad SMARTS) is 1. The normalized spacial score (nSPS) is 29.2. The molecule has 1 saturated carbocycles. The van der Waals surface area contributed by atoms with Crippen LogP contribution in [0.2, 0.25) is 0 Å². The predicted molar refractivity (Wildman–Crippen MR) is 97.4 cm³/mol. The molecule has 1 aliphatic carbocycles. The summed E-state index contributed by atoms with van der Waals surface area (Å²) in [6, 6.07) is 0. The SMILES string of the molecule is CCCCC[C@H]1C2CC(OO2)[C@@H]1/C=C/[C@@H](C/C=C\CCCC(=O)O)OO. The highest BCUT2D eigenvalue weighted by Crippen LogP contribution is 2.45. The minimum atomic E-state index is -0.775. The Labute approximate surface area is 155 Å². The van der Waals surface area contributed by atoms with Crippen LogP contribution >= 0.6 is 0 Å². The van der Waals surface area contributed by atoms with Gasteiger partial charge < -0.3 is 5.11 Å². The van der Waals surface area contributed by atoms with Gasteiger partial charge in [0, 0.05) is 18.8 Å². The third-order valence-corrected chi connectivity index (χ3v) is 5.29. The summed E-state index contributed by atoms with van der Waals surface area (Å²) in [7, 11) is 0. The Kier molecular flexibility index (Phi) is 9.32. The van der Waals surface area contributed by atoms with E-state index in [4.69, 9.17) is 20.1 Å². The summed E-state index contributed by atoms with van der Waals surface area (Å²) in [5, 5.41) is 17.7. The first-order chi connectivity index (χ1) is 12.7. The summed E-state index contributed by atoms with van der Waals surface area (Å²) in [4.78, 5) is 25.8. The summed E-state index contributed by atoms with van der Waals surface area (Å²) in [5.41, 5.74) is 0. The minimum Gasteiger partial charge on any atom is -0.481 e. The fraction of sp³-hybridized carbons (Fsp3) is 0.750. The molecule has 2 unspecified atom stereocenters. The second kappa shape index (κ2) is 11.5. The number of hydrogen-bond acceptors (Lipinski definition) is 5. The van der Waals surface area contributed by atoms with E-state index in [1.165, 1.54) is 19.3 Å². The van der Waals surface area contributed by atoms with Crippen molar-refractivity contribution in [3.8, 4) is 0 Å². The molecule has 6 heteroatoms. The molecule has 0 spiro atoms. The van der Waals surface area contributed by atoms with Crippen LogP contribution in [0.5, 0.6) is 0 Å². The summed E-state index contributed by atoms with van der Waals surface area (Å²) in [6.07, 6.45) is 15.6. The van der Waals surface area contributed by atoms with Gasteiger partial charge in [-0.25, -0.2) is 14.7 Å². The number of allylic oxidation sites excluding steroid dienone is 1. The van der Waals surface area contributed by atoms with Gasteiger partial charge in [-0.3, -0.25) is 10.1 Å². The van der Waals surface area contributed by atoms with E-state index in [1.807, 2.05) is 18.2 Å². The summed E-state index contributed by atoms with van der Waals surface area (Å²) >= 11 is 0. The van der Waals surface area contributed by atoms with E-state index in [0.29, 0.717) is 31.1 Å². The van der Waals surface area contributed by atoms with Crippen molar-refractivity contribution in [3.05, 3.63) is 24.3 Å². The molecule has 0 aromatic carbocycles. The topological polar surface area (TPSA) is 85.2 Å². The van der Waals surface area contributed by atoms with E-state index in [-0.39, 0.29) is 18.6 Å². The van der Waals surface area contributed by atoms with Gasteiger partial charge in [-0.15, -0.1) is 0 Å². The molecule has 2 aliphatic rings. The van der Waals surface area contributed by atoms with Crippen LogP contribution in [0, 0.1) is 11.8 Å². The van der Waals surface area contributed by atoms with Crippen LogP contribution in [-0.4, -0.2) is 34.6 Å². The Morgan fingerprint density at radius 1 is 1.23 bits per heavy atom. The Balaban J connectivity index is 1.78. The van der Waals surface area contributed by atoms with Crippen LogP contribution in [0.15, 0.2) is 24.3 Å². The van der Waals surface area contributed by atoms with Crippen molar-refractivity contribution in [2.24, 2.45) is 11.8 Å². The number of carboxylic acids is 1. The lowest BCUT2D eigenvalue weighted by molar-refractivity contribution is -0.337.